The summed E-state index contributed by atoms with van der Waals surface area (Å²) in [5.41, 5.74) is 1.96. The monoisotopic (exact) mass is 273 g/mol. The maximum Gasteiger partial charge on any atom is 0.122 e. The van der Waals surface area contributed by atoms with Crippen LogP contribution >= 0.6 is 0 Å². The molecule has 4 heteroatoms. The Kier molecular flexibility index (Phi) is 4.96. The normalized spacial score (nSPS) is 11.9. The van der Waals surface area contributed by atoms with Crippen molar-refractivity contribution in [2.24, 2.45) is 0 Å². The summed E-state index contributed by atoms with van der Waals surface area (Å²) >= 11 is 0. The quantitative estimate of drug-likeness (QED) is 0.879. The molecule has 1 N–H and O–H groups in total. The predicted octanol–water partition coefficient (Wildman–Crippen LogP) is 2.77. The summed E-state index contributed by atoms with van der Waals surface area (Å²) in [6, 6.07) is 9.37. The van der Waals surface area contributed by atoms with Gasteiger partial charge in [0.05, 0.1) is 20.3 Å². The second-order valence-electron chi connectivity index (χ2n) is 4.56. The first-order valence-electron chi connectivity index (χ1n) is 6.53. The number of pyridine rings is 1. The van der Waals surface area contributed by atoms with E-state index in [0.717, 1.165) is 17.5 Å². The lowest BCUT2D eigenvalue weighted by molar-refractivity contribution is 0.167. The summed E-state index contributed by atoms with van der Waals surface area (Å²) < 4.78 is 10.4. The molecule has 0 radical (unpaired) electrons. The first kappa shape index (κ1) is 14.3. The van der Waals surface area contributed by atoms with Crippen LogP contribution in [-0.4, -0.2) is 24.3 Å². The van der Waals surface area contributed by atoms with E-state index < -0.39 is 6.10 Å². The summed E-state index contributed by atoms with van der Waals surface area (Å²) in [4.78, 5) is 3.98. The maximum absolute atomic E-state index is 10.3. The lowest BCUT2D eigenvalue weighted by Crippen LogP contribution is -2.01. The van der Waals surface area contributed by atoms with Gasteiger partial charge in [0.1, 0.15) is 11.5 Å². The van der Waals surface area contributed by atoms with E-state index in [1.165, 1.54) is 0 Å². The third kappa shape index (κ3) is 3.71. The molecule has 106 valence electrons. The van der Waals surface area contributed by atoms with Crippen molar-refractivity contribution < 1.29 is 14.6 Å². The Morgan fingerprint density at radius 1 is 1.05 bits per heavy atom. The van der Waals surface area contributed by atoms with E-state index in [0.29, 0.717) is 17.9 Å². The van der Waals surface area contributed by atoms with Crippen LogP contribution in [0, 0.1) is 0 Å². The Labute approximate surface area is 119 Å². The second-order valence-corrected chi connectivity index (χ2v) is 4.56. The molecule has 0 saturated carbocycles. The molecule has 1 aromatic carbocycles. The smallest absolute Gasteiger partial charge is 0.122 e. The van der Waals surface area contributed by atoms with Crippen LogP contribution in [0.1, 0.15) is 23.7 Å². The number of methoxy groups -OCH3 is 2. The van der Waals surface area contributed by atoms with E-state index in [2.05, 4.69) is 4.98 Å². The van der Waals surface area contributed by atoms with Crippen LogP contribution in [0.2, 0.25) is 0 Å². The number of aromatic nitrogens is 1. The van der Waals surface area contributed by atoms with Gasteiger partial charge in [-0.15, -0.1) is 0 Å². The standard InChI is InChI=1S/C16H19NO3/c1-19-14-9-13(10-15(11-14)20-2)16(18)4-3-12-5-7-17-8-6-12/h5-11,16,18H,3-4H2,1-2H3. The van der Waals surface area contributed by atoms with Crippen molar-refractivity contribution in [3.8, 4) is 11.5 Å². The van der Waals surface area contributed by atoms with Crippen LogP contribution in [0.15, 0.2) is 42.7 Å². The van der Waals surface area contributed by atoms with Gasteiger partial charge in [-0.25, -0.2) is 0 Å². The van der Waals surface area contributed by atoms with Crippen molar-refractivity contribution in [2.45, 2.75) is 18.9 Å². The molecule has 1 atom stereocenters. The van der Waals surface area contributed by atoms with Gasteiger partial charge < -0.3 is 14.6 Å². The van der Waals surface area contributed by atoms with Gasteiger partial charge in [0, 0.05) is 18.5 Å². The van der Waals surface area contributed by atoms with Gasteiger partial charge in [-0.2, -0.15) is 0 Å². The van der Waals surface area contributed by atoms with E-state index in [1.807, 2.05) is 24.3 Å². The van der Waals surface area contributed by atoms with E-state index in [9.17, 15) is 5.11 Å². The molecule has 1 unspecified atom stereocenters. The fraction of sp³-hybridized carbons (Fsp3) is 0.312. The van der Waals surface area contributed by atoms with E-state index in [4.69, 9.17) is 9.47 Å². The zero-order chi connectivity index (χ0) is 14.4. The molecular formula is C16H19NO3. The van der Waals surface area contributed by atoms with Crippen molar-refractivity contribution >= 4 is 0 Å². The third-order valence-electron chi connectivity index (χ3n) is 3.21. The highest BCUT2D eigenvalue weighted by Crippen LogP contribution is 2.28. The highest BCUT2D eigenvalue weighted by molar-refractivity contribution is 5.39. The lowest BCUT2D eigenvalue weighted by Gasteiger charge is -2.14. The molecule has 0 aliphatic rings. The average Bonchev–Trinajstić information content (AvgIpc) is 2.52. The Hall–Kier alpha value is -2.07. The number of hydrogen-bond donors (Lipinski definition) is 1. The number of nitrogens with zero attached hydrogens (tertiary/aromatic N) is 1. The minimum Gasteiger partial charge on any atom is -0.497 e. The predicted molar refractivity (Wildman–Crippen MR) is 77.1 cm³/mol. The van der Waals surface area contributed by atoms with Crippen LogP contribution in [-0.2, 0) is 6.42 Å². The second kappa shape index (κ2) is 6.91. The Bertz CT molecular complexity index is 520. The first-order chi connectivity index (χ1) is 9.72. The number of aryl methyl sites for hydroxylation is 1. The SMILES string of the molecule is COc1cc(OC)cc(C(O)CCc2ccncc2)c1. The van der Waals surface area contributed by atoms with Gasteiger partial charge >= 0.3 is 0 Å². The van der Waals surface area contributed by atoms with Gasteiger partial charge in [0.2, 0.25) is 0 Å². The minimum absolute atomic E-state index is 0.549. The molecule has 0 saturated heterocycles. The molecule has 4 nitrogen and oxygen atoms in total. The van der Waals surface area contributed by atoms with Gasteiger partial charge in [-0.1, -0.05) is 0 Å². The molecule has 0 amide bonds. The van der Waals surface area contributed by atoms with Crippen molar-refractivity contribution in [1.82, 2.24) is 4.98 Å². The fourth-order valence-corrected chi connectivity index (χ4v) is 2.04. The number of benzene rings is 1. The Morgan fingerprint density at radius 2 is 1.65 bits per heavy atom. The van der Waals surface area contributed by atoms with E-state index >= 15 is 0 Å². The zero-order valence-corrected chi connectivity index (χ0v) is 11.7. The molecule has 0 fully saturated rings. The zero-order valence-electron chi connectivity index (χ0n) is 11.7. The van der Waals surface area contributed by atoms with Crippen molar-refractivity contribution in [3.63, 3.8) is 0 Å². The molecule has 0 spiro atoms. The fourth-order valence-electron chi connectivity index (χ4n) is 2.04. The van der Waals surface area contributed by atoms with Crippen LogP contribution < -0.4 is 9.47 Å². The third-order valence-corrected chi connectivity index (χ3v) is 3.21. The molecule has 1 aromatic heterocycles. The number of rotatable bonds is 6. The Morgan fingerprint density at radius 3 is 2.20 bits per heavy atom. The van der Waals surface area contributed by atoms with Crippen LogP contribution in [0.3, 0.4) is 0 Å². The van der Waals surface area contributed by atoms with Crippen LogP contribution in [0.25, 0.3) is 0 Å². The molecule has 2 aromatic rings. The maximum atomic E-state index is 10.3. The van der Waals surface area contributed by atoms with Gasteiger partial charge in [0.15, 0.2) is 0 Å². The number of ether oxygens (including phenoxy) is 2. The van der Waals surface area contributed by atoms with Crippen LogP contribution in [0.5, 0.6) is 11.5 Å². The molecule has 0 aliphatic carbocycles. The lowest BCUT2D eigenvalue weighted by atomic mass is 10.0. The van der Waals surface area contributed by atoms with Crippen molar-refractivity contribution in [2.75, 3.05) is 14.2 Å². The topological polar surface area (TPSA) is 51.6 Å². The molecule has 1 heterocycles. The first-order valence-corrected chi connectivity index (χ1v) is 6.53. The van der Waals surface area contributed by atoms with Crippen molar-refractivity contribution in [1.29, 1.82) is 0 Å². The van der Waals surface area contributed by atoms with E-state index in [1.54, 1.807) is 32.7 Å². The average molecular weight is 273 g/mol. The highest BCUT2D eigenvalue weighted by Gasteiger charge is 2.11. The van der Waals surface area contributed by atoms with Crippen LogP contribution in [0.4, 0.5) is 0 Å². The number of hydrogen-bond acceptors (Lipinski definition) is 4. The summed E-state index contributed by atoms with van der Waals surface area (Å²) in [5, 5.41) is 10.3. The highest BCUT2D eigenvalue weighted by atomic mass is 16.5. The van der Waals surface area contributed by atoms with E-state index in [-0.39, 0.29) is 0 Å². The van der Waals surface area contributed by atoms with Gasteiger partial charge in [-0.3, -0.25) is 4.98 Å². The van der Waals surface area contributed by atoms with Gasteiger partial charge in [-0.05, 0) is 48.2 Å². The van der Waals surface area contributed by atoms with Crippen molar-refractivity contribution in [3.05, 3.63) is 53.9 Å². The molecule has 0 aliphatic heterocycles. The largest absolute Gasteiger partial charge is 0.497 e. The number of aliphatic hydroxyl groups excluding tert-OH is 1. The summed E-state index contributed by atoms with van der Waals surface area (Å²) in [5.74, 6) is 1.37. The summed E-state index contributed by atoms with van der Waals surface area (Å²) in [6.07, 6.45) is 4.41. The molecular weight excluding hydrogens is 254 g/mol. The molecule has 20 heavy (non-hydrogen) atoms. The number of aliphatic hydroxyl groups is 1. The molecule has 2 rings (SSSR count). The summed E-state index contributed by atoms with van der Waals surface area (Å²) in [7, 11) is 3.20. The molecule has 0 bridgehead atoms. The minimum atomic E-state index is -0.549. The summed E-state index contributed by atoms with van der Waals surface area (Å²) in [6.45, 7) is 0. The Balaban J connectivity index is 2.06. The van der Waals surface area contributed by atoms with Gasteiger partial charge in [0.25, 0.3) is 0 Å².